The van der Waals surface area contributed by atoms with E-state index < -0.39 is 30.2 Å². The summed E-state index contributed by atoms with van der Waals surface area (Å²) in [6, 6.07) is 39.4. The van der Waals surface area contributed by atoms with Gasteiger partial charge in [-0.1, -0.05) is 121 Å². The standard InChI is InChI=1S/C34H36O6/c35-31-32(38-23-28-17-9-3-10-18-28)34(21-26-13-5-1-6-14-26,39-24-29-19-11-4-12-20-29)30(40-33(31)36)25-37-22-27-15-7-2-8-16-27/h1-20,30-33,35-36H,21-25H2/t30-,31-,32-,33+,34+/m1/s1. The van der Waals surface area contributed by atoms with Gasteiger partial charge in [0.15, 0.2) is 6.29 Å². The van der Waals surface area contributed by atoms with Crippen molar-refractivity contribution in [2.24, 2.45) is 0 Å². The molecule has 208 valence electrons. The van der Waals surface area contributed by atoms with Crippen molar-refractivity contribution >= 4 is 0 Å². The zero-order valence-corrected chi connectivity index (χ0v) is 22.4. The first-order chi connectivity index (χ1) is 19.6. The second-order valence-electron chi connectivity index (χ2n) is 10.1. The van der Waals surface area contributed by atoms with Gasteiger partial charge < -0.3 is 29.2 Å². The van der Waals surface area contributed by atoms with Gasteiger partial charge in [0.05, 0.1) is 26.4 Å². The number of hydrogen-bond donors (Lipinski definition) is 2. The molecule has 1 heterocycles. The predicted molar refractivity (Wildman–Crippen MR) is 152 cm³/mol. The summed E-state index contributed by atoms with van der Waals surface area (Å²) in [6.07, 6.45) is -4.07. The fraction of sp³-hybridized carbons (Fsp3) is 0.294. The fourth-order valence-corrected chi connectivity index (χ4v) is 5.17. The maximum absolute atomic E-state index is 11.3. The Morgan fingerprint density at radius 3 is 1.62 bits per heavy atom. The lowest BCUT2D eigenvalue weighted by molar-refractivity contribution is -0.343. The molecule has 4 aromatic carbocycles. The molecule has 0 aliphatic carbocycles. The Hall–Kier alpha value is -3.36. The smallest absolute Gasteiger partial charge is 0.184 e. The highest BCUT2D eigenvalue weighted by molar-refractivity contribution is 5.22. The summed E-state index contributed by atoms with van der Waals surface area (Å²) >= 11 is 0. The highest BCUT2D eigenvalue weighted by Crippen LogP contribution is 2.39. The summed E-state index contributed by atoms with van der Waals surface area (Å²) in [6.45, 7) is 0.999. The van der Waals surface area contributed by atoms with Crippen LogP contribution >= 0.6 is 0 Å². The number of aliphatic hydroxyl groups excluding tert-OH is 2. The maximum atomic E-state index is 11.3. The quantitative estimate of drug-likeness (QED) is 0.262. The largest absolute Gasteiger partial charge is 0.385 e. The van der Waals surface area contributed by atoms with Gasteiger partial charge in [-0.3, -0.25) is 0 Å². The van der Waals surface area contributed by atoms with E-state index in [1.807, 2.05) is 121 Å². The monoisotopic (exact) mass is 540 g/mol. The molecule has 0 aromatic heterocycles. The van der Waals surface area contributed by atoms with Crippen LogP contribution in [0.5, 0.6) is 0 Å². The van der Waals surface area contributed by atoms with E-state index in [4.69, 9.17) is 18.9 Å². The minimum atomic E-state index is -1.46. The normalized spacial score (nSPS) is 24.6. The van der Waals surface area contributed by atoms with Gasteiger partial charge in [-0.2, -0.15) is 0 Å². The van der Waals surface area contributed by atoms with Gasteiger partial charge in [0.25, 0.3) is 0 Å². The average molecular weight is 541 g/mol. The molecule has 0 unspecified atom stereocenters. The average Bonchev–Trinajstić information content (AvgIpc) is 3.00. The Bertz CT molecular complexity index is 1270. The topological polar surface area (TPSA) is 77.4 Å². The van der Waals surface area contributed by atoms with Crippen molar-refractivity contribution in [1.82, 2.24) is 0 Å². The van der Waals surface area contributed by atoms with Crippen LogP contribution < -0.4 is 0 Å². The number of aliphatic hydroxyl groups is 2. The van der Waals surface area contributed by atoms with E-state index in [9.17, 15) is 10.2 Å². The summed E-state index contributed by atoms with van der Waals surface area (Å²) in [5.74, 6) is 0. The summed E-state index contributed by atoms with van der Waals surface area (Å²) in [4.78, 5) is 0. The number of hydrogen-bond acceptors (Lipinski definition) is 6. The third kappa shape index (κ3) is 7.04. The molecule has 1 saturated heterocycles. The van der Waals surface area contributed by atoms with Crippen LogP contribution in [0.2, 0.25) is 0 Å². The summed E-state index contributed by atoms with van der Waals surface area (Å²) in [5, 5.41) is 22.2. The fourth-order valence-electron chi connectivity index (χ4n) is 5.17. The lowest BCUT2D eigenvalue weighted by Gasteiger charge is -2.51. The van der Waals surface area contributed by atoms with Crippen LogP contribution in [0.25, 0.3) is 0 Å². The SMILES string of the molecule is O[C@@H]1[C@@H](OCc2ccccc2)[C@@](Cc2ccccc2)(OCc2ccccc2)[C@@H](COCc2ccccc2)O[C@@H]1O. The molecule has 1 aliphatic heterocycles. The Morgan fingerprint density at radius 2 is 1.07 bits per heavy atom. The number of benzene rings is 4. The first-order valence-electron chi connectivity index (χ1n) is 13.6. The maximum Gasteiger partial charge on any atom is 0.184 e. The van der Waals surface area contributed by atoms with E-state index in [0.717, 1.165) is 22.3 Å². The van der Waals surface area contributed by atoms with Crippen LogP contribution in [-0.2, 0) is 45.2 Å². The summed E-state index contributed by atoms with van der Waals surface area (Å²) in [5.41, 5.74) is 2.76. The number of ether oxygens (including phenoxy) is 4. The van der Waals surface area contributed by atoms with Crippen molar-refractivity contribution in [2.45, 2.75) is 56.4 Å². The highest BCUT2D eigenvalue weighted by Gasteiger charge is 2.57. The molecule has 40 heavy (non-hydrogen) atoms. The van der Waals surface area contributed by atoms with Crippen molar-refractivity contribution in [2.75, 3.05) is 6.61 Å². The van der Waals surface area contributed by atoms with Crippen molar-refractivity contribution in [3.8, 4) is 0 Å². The minimum absolute atomic E-state index is 0.130. The van der Waals surface area contributed by atoms with E-state index in [2.05, 4.69) is 0 Å². The van der Waals surface area contributed by atoms with E-state index in [1.165, 1.54) is 0 Å². The third-order valence-electron chi connectivity index (χ3n) is 7.26. The molecule has 5 rings (SSSR count). The van der Waals surface area contributed by atoms with Crippen LogP contribution in [0.1, 0.15) is 22.3 Å². The van der Waals surface area contributed by atoms with Crippen LogP contribution in [-0.4, -0.2) is 47.0 Å². The van der Waals surface area contributed by atoms with E-state index in [0.29, 0.717) is 13.0 Å². The molecule has 0 amide bonds. The lowest BCUT2D eigenvalue weighted by atomic mass is 9.78. The van der Waals surface area contributed by atoms with Gasteiger partial charge in [-0.25, -0.2) is 0 Å². The molecule has 0 spiro atoms. The molecular weight excluding hydrogens is 504 g/mol. The summed E-state index contributed by atoms with van der Waals surface area (Å²) in [7, 11) is 0. The van der Waals surface area contributed by atoms with Gasteiger partial charge in [-0.05, 0) is 22.3 Å². The van der Waals surface area contributed by atoms with Crippen LogP contribution in [0.4, 0.5) is 0 Å². The molecule has 2 N–H and O–H groups in total. The Morgan fingerprint density at radius 1 is 0.600 bits per heavy atom. The first kappa shape index (κ1) is 28.2. The van der Waals surface area contributed by atoms with Gasteiger partial charge >= 0.3 is 0 Å². The second-order valence-corrected chi connectivity index (χ2v) is 10.1. The van der Waals surface area contributed by atoms with E-state index in [-0.39, 0.29) is 19.8 Å². The Kier molecular flexibility index (Phi) is 9.73. The molecule has 5 atom stereocenters. The van der Waals surface area contributed by atoms with Gasteiger partial charge in [0, 0.05) is 6.42 Å². The second kappa shape index (κ2) is 13.8. The van der Waals surface area contributed by atoms with Crippen LogP contribution in [0.15, 0.2) is 121 Å². The van der Waals surface area contributed by atoms with Gasteiger partial charge in [-0.15, -0.1) is 0 Å². The molecule has 0 bridgehead atoms. The molecular formula is C34H36O6. The highest BCUT2D eigenvalue weighted by atomic mass is 16.7. The molecule has 6 heteroatoms. The Balaban J connectivity index is 1.49. The van der Waals surface area contributed by atoms with Crippen molar-refractivity contribution in [3.63, 3.8) is 0 Å². The molecule has 0 saturated carbocycles. The predicted octanol–water partition coefficient (Wildman–Crippen LogP) is 5.07. The molecule has 1 fully saturated rings. The lowest BCUT2D eigenvalue weighted by Crippen LogP contribution is -2.69. The zero-order valence-electron chi connectivity index (χ0n) is 22.4. The zero-order chi connectivity index (χ0) is 27.6. The van der Waals surface area contributed by atoms with Crippen molar-refractivity contribution < 1.29 is 29.2 Å². The first-order valence-corrected chi connectivity index (χ1v) is 13.6. The summed E-state index contributed by atoms with van der Waals surface area (Å²) < 4.78 is 25.5. The van der Waals surface area contributed by atoms with Crippen LogP contribution in [0.3, 0.4) is 0 Å². The van der Waals surface area contributed by atoms with E-state index in [1.54, 1.807) is 0 Å². The number of rotatable bonds is 12. The minimum Gasteiger partial charge on any atom is -0.385 e. The molecule has 4 aromatic rings. The Labute approximate surface area is 235 Å². The molecule has 0 radical (unpaired) electrons. The van der Waals surface area contributed by atoms with Gasteiger partial charge in [0.2, 0.25) is 0 Å². The van der Waals surface area contributed by atoms with Crippen molar-refractivity contribution in [3.05, 3.63) is 144 Å². The van der Waals surface area contributed by atoms with E-state index >= 15 is 0 Å². The van der Waals surface area contributed by atoms with Crippen molar-refractivity contribution in [1.29, 1.82) is 0 Å². The van der Waals surface area contributed by atoms with Crippen LogP contribution in [0, 0.1) is 0 Å². The van der Waals surface area contributed by atoms with Gasteiger partial charge in [0.1, 0.15) is 23.9 Å². The molecule has 6 nitrogen and oxygen atoms in total. The third-order valence-corrected chi connectivity index (χ3v) is 7.26. The molecule has 1 aliphatic rings.